The van der Waals surface area contributed by atoms with Gasteiger partial charge in [-0.3, -0.25) is 4.90 Å². The van der Waals surface area contributed by atoms with Crippen molar-refractivity contribution in [3.05, 3.63) is 29.3 Å². The molecule has 3 rings (SSSR count). The normalized spacial score (nSPS) is 32.4. The van der Waals surface area contributed by atoms with Crippen molar-refractivity contribution in [2.75, 3.05) is 13.1 Å². The van der Waals surface area contributed by atoms with E-state index in [9.17, 15) is 5.11 Å². The van der Waals surface area contributed by atoms with Gasteiger partial charge in [-0.25, -0.2) is 0 Å². The third-order valence-corrected chi connectivity index (χ3v) is 4.87. The first-order chi connectivity index (χ1) is 8.65. The van der Waals surface area contributed by atoms with Crippen molar-refractivity contribution in [1.29, 1.82) is 0 Å². The molecule has 1 aromatic rings. The predicted octanol–water partition coefficient (Wildman–Crippen LogP) is 3.36. The number of aromatic hydroxyl groups is 1. The van der Waals surface area contributed by atoms with Crippen LogP contribution in [0, 0.1) is 11.8 Å². The van der Waals surface area contributed by atoms with Crippen molar-refractivity contribution in [2.45, 2.75) is 39.2 Å². The summed E-state index contributed by atoms with van der Waals surface area (Å²) in [4.78, 5) is 2.66. The summed E-state index contributed by atoms with van der Waals surface area (Å²) in [6.45, 7) is 7.19. The molecule has 2 nitrogen and oxygen atoms in total. The number of aryl methyl sites for hydroxylation is 1. The number of phenolic OH excluding ortho intramolecular Hbond substituents is 1. The molecule has 1 aromatic carbocycles. The summed E-state index contributed by atoms with van der Waals surface area (Å²) >= 11 is 0. The van der Waals surface area contributed by atoms with E-state index in [2.05, 4.69) is 24.8 Å². The van der Waals surface area contributed by atoms with Crippen LogP contribution in [0.4, 0.5) is 0 Å². The molecule has 0 saturated carbocycles. The van der Waals surface area contributed by atoms with Crippen LogP contribution in [0.5, 0.6) is 5.75 Å². The Labute approximate surface area is 110 Å². The average molecular weight is 245 g/mol. The van der Waals surface area contributed by atoms with Crippen LogP contribution in [0.15, 0.2) is 18.2 Å². The fourth-order valence-electron chi connectivity index (χ4n) is 3.58. The molecule has 1 fully saturated rings. The molecule has 0 bridgehead atoms. The molecule has 3 unspecified atom stereocenters. The van der Waals surface area contributed by atoms with E-state index in [4.69, 9.17) is 0 Å². The van der Waals surface area contributed by atoms with Gasteiger partial charge in [0.05, 0.1) is 0 Å². The van der Waals surface area contributed by atoms with E-state index in [0.29, 0.717) is 11.8 Å². The zero-order valence-corrected chi connectivity index (χ0v) is 11.4. The fraction of sp³-hybridized carbons (Fsp3) is 0.625. The number of phenols is 1. The minimum Gasteiger partial charge on any atom is -0.508 e. The lowest BCUT2D eigenvalue weighted by atomic mass is 9.86. The van der Waals surface area contributed by atoms with E-state index in [1.807, 2.05) is 12.1 Å². The highest BCUT2D eigenvalue weighted by Crippen LogP contribution is 2.39. The van der Waals surface area contributed by atoms with Gasteiger partial charge in [0.1, 0.15) is 5.75 Å². The lowest BCUT2D eigenvalue weighted by Gasteiger charge is -2.33. The summed E-state index contributed by atoms with van der Waals surface area (Å²) in [7, 11) is 0. The molecule has 1 aliphatic carbocycles. The average Bonchev–Trinajstić information content (AvgIpc) is 2.68. The smallest absolute Gasteiger partial charge is 0.115 e. The Kier molecular flexibility index (Phi) is 3.06. The van der Waals surface area contributed by atoms with E-state index in [0.717, 1.165) is 18.3 Å². The van der Waals surface area contributed by atoms with Crippen LogP contribution in [0.2, 0.25) is 0 Å². The van der Waals surface area contributed by atoms with Crippen LogP contribution in [0.1, 0.15) is 43.9 Å². The van der Waals surface area contributed by atoms with Crippen molar-refractivity contribution in [1.82, 2.24) is 4.90 Å². The zero-order valence-electron chi connectivity index (χ0n) is 11.4. The summed E-state index contributed by atoms with van der Waals surface area (Å²) in [5.74, 6) is 2.04. The second kappa shape index (κ2) is 4.58. The van der Waals surface area contributed by atoms with Crippen molar-refractivity contribution in [3.8, 4) is 5.75 Å². The maximum atomic E-state index is 9.61. The fourth-order valence-corrected chi connectivity index (χ4v) is 3.58. The molecule has 1 aliphatic heterocycles. The number of rotatable bonds is 1. The molecule has 0 amide bonds. The van der Waals surface area contributed by atoms with E-state index in [-0.39, 0.29) is 0 Å². The largest absolute Gasteiger partial charge is 0.508 e. The molecular weight excluding hydrogens is 222 g/mol. The van der Waals surface area contributed by atoms with Gasteiger partial charge < -0.3 is 5.11 Å². The molecule has 2 heteroatoms. The molecule has 3 atom stereocenters. The second-order valence-electron chi connectivity index (χ2n) is 6.20. The van der Waals surface area contributed by atoms with Crippen molar-refractivity contribution in [3.63, 3.8) is 0 Å². The summed E-state index contributed by atoms with van der Waals surface area (Å²) in [5.41, 5.74) is 2.82. The van der Waals surface area contributed by atoms with Crippen LogP contribution in [-0.2, 0) is 6.42 Å². The zero-order chi connectivity index (χ0) is 12.7. The van der Waals surface area contributed by atoms with Crippen molar-refractivity contribution < 1.29 is 5.11 Å². The number of hydrogen-bond acceptors (Lipinski definition) is 2. The molecule has 1 heterocycles. The van der Waals surface area contributed by atoms with Gasteiger partial charge in [-0.2, -0.15) is 0 Å². The van der Waals surface area contributed by atoms with Gasteiger partial charge >= 0.3 is 0 Å². The van der Waals surface area contributed by atoms with Gasteiger partial charge in [-0.05, 0) is 54.4 Å². The van der Waals surface area contributed by atoms with Crippen LogP contribution >= 0.6 is 0 Å². The van der Waals surface area contributed by atoms with Crippen LogP contribution in [0.25, 0.3) is 0 Å². The number of fused-ring (bicyclic) bond motifs is 1. The number of benzene rings is 1. The molecule has 0 aromatic heterocycles. The van der Waals surface area contributed by atoms with Gasteiger partial charge in [0.15, 0.2) is 0 Å². The third-order valence-electron chi connectivity index (χ3n) is 4.87. The van der Waals surface area contributed by atoms with Gasteiger partial charge in [-0.1, -0.05) is 19.9 Å². The Morgan fingerprint density at radius 2 is 1.89 bits per heavy atom. The second-order valence-corrected chi connectivity index (χ2v) is 6.20. The Balaban J connectivity index is 1.88. The van der Waals surface area contributed by atoms with E-state index in [1.54, 1.807) is 0 Å². The highest BCUT2D eigenvalue weighted by atomic mass is 16.3. The maximum Gasteiger partial charge on any atom is 0.115 e. The summed E-state index contributed by atoms with van der Waals surface area (Å²) < 4.78 is 0. The summed E-state index contributed by atoms with van der Waals surface area (Å²) in [6.07, 6.45) is 3.65. The number of hydrogen-bond donors (Lipinski definition) is 1. The molecular formula is C16H23NO. The lowest BCUT2D eigenvalue weighted by Crippen LogP contribution is -2.29. The van der Waals surface area contributed by atoms with E-state index in [1.165, 1.54) is 37.1 Å². The minimum absolute atomic E-state index is 0.414. The van der Waals surface area contributed by atoms with Crippen molar-refractivity contribution >= 4 is 0 Å². The lowest BCUT2D eigenvalue weighted by molar-refractivity contribution is 0.212. The topological polar surface area (TPSA) is 23.5 Å². The predicted molar refractivity (Wildman–Crippen MR) is 73.7 cm³/mol. The van der Waals surface area contributed by atoms with E-state index >= 15 is 0 Å². The molecule has 2 aliphatic rings. The van der Waals surface area contributed by atoms with Gasteiger partial charge in [0.2, 0.25) is 0 Å². The first-order valence-corrected chi connectivity index (χ1v) is 7.21. The Morgan fingerprint density at radius 1 is 1.17 bits per heavy atom. The summed E-state index contributed by atoms with van der Waals surface area (Å²) in [6, 6.07) is 6.54. The highest BCUT2D eigenvalue weighted by Gasteiger charge is 2.33. The molecule has 18 heavy (non-hydrogen) atoms. The monoisotopic (exact) mass is 245 g/mol. The quantitative estimate of drug-likeness (QED) is 0.820. The SMILES string of the molecule is CC1CN(C2CCCc3cc(O)ccc32)CC1C. The van der Waals surface area contributed by atoms with Crippen LogP contribution in [-0.4, -0.2) is 23.1 Å². The Morgan fingerprint density at radius 3 is 2.61 bits per heavy atom. The highest BCUT2D eigenvalue weighted by molar-refractivity contribution is 5.38. The number of likely N-dealkylation sites (tertiary alicyclic amines) is 1. The van der Waals surface area contributed by atoms with Gasteiger partial charge in [0, 0.05) is 19.1 Å². The summed E-state index contributed by atoms with van der Waals surface area (Å²) in [5, 5.41) is 9.61. The maximum absolute atomic E-state index is 9.61. The molecule has 0 radical (unpaired) electrons. The molecule has 1 N–H and O–H groups in total. The first kappa shape index (κ1) is 12.0. The first-order valence-electron chi connectivity index (χ1n) is 7.21. The van der Waals surface area contributed by atoms with Crippen LogP contribution in [0.3, 0.4) is 0 Å². The van der Waals surface area contributed by atoms with Crippen molar-refractivity contribution in [2.24, 2.45) is 11.8 Å². The van der Waals surface area contributed by atoms with Crippen LogP contribution < -0.4 is 0 Å². The molecule has 1 saturated heterocycles. The van der Waals surface area contributed by atoms with Gasteiger partial charge in [-0.15, -0.1) is 0 Å². The minimum atomic E-state index is 0.414. The molecule has 0 spiro atoms. The Hall–Kier alpha value is -1.02. The van der Waals surface area contributed by atoms with Gasteiger partial charge in [0.25, 0.3) is 0 Å². The van der Waals surface area contributed by atoms with E-state index < -0.39 is 0 Å². The standard InChI is InChI=1S/C16H23NO/c1-11-9-17(10-12(11)2)16-5-3-4-13-8-14(18)6-7-15(13)16/h6-8,11-12,16,18H,3-5,9-10H2,1-2H3. The number of nitrogens with zero attached hydrogens (tertiary/aromatic N) is 1. The Bertz CT molecular complexity index is 433. The third kappa shape index (κ3) is 2.03. The molecule has 98 valence electrons.